The van der Waals surface area contributed by atoms with Crippen LogP contribution in [0.3, 0.4) is 0 Å². The fourth-order valence-electron chi connectivity index (χ4n) is 4.62. The summed E-state index contributed by atoms with van der Waals surface area (Å²) in [5.74, 6) is -0.928. The first-order valence-corrected chi connectivity index (χ1v) is 18.2. The number of benzene rings is 2. The monoisotopic (exact) mass is 776 g/mol. The third kappa shape index (κ3) is 10.6. The summed E-state index contributed by atoms with van der Waals surface area (Å²) in [6.45, 7) is 0.774. The number of hydrogen-bond donors (Lipinski definition) is 2. The van der Waals surface area contributed by atoms with Gasteiger partial charge in [0.25, 0.3) is 11.8 Å². The normalized spacial score (nSPS) is 16.5. The minimum atomic E-state index is -0.307. The first-order chi connectivity index (χ1) is 21.9. The van der Waals surface area contributed by atoms with Crippen LogP contribution >= 0.6 is 94.4 Å². The summed E-state index contributed by atoms with van der Waals surface area (Å²) in [7, 11) is 0. The molecule has 2 N–H and O–H groups in total. The molecule has 0 atom stereocenters. The van der Waals surface area contributed by atoms with Gasteiger partial charge in [-0.05, 0) is 62.1 Å². The molecule has 2 heterocycles. The molecule has 244 valence electrons. The topological polar surface area (TPSA) is 98.8 Å². The second kappa shape index (κ2) is 17.5. The van der Waals surface area contributed by atoms with E-state index in [-0.39, 0.29) is 23.6 Å². The summed E-state index contributed by atoms with van der Waals surface area (Å²) >= 11 is 37.0. The predicted molar refractivity (Wildman–Crippen MR) is 198 cm³/mol. The van der Waals surface area contributed by atoms with Gasteiger partial charge >= 0.3 is 0 Å². The SMILES string of the molecule is O=C(CCCCCN1C(=O)C(=C2SC(=S)N(CCCCCC(=O)Nc3cc(Cl)cc(Cl)c3)C2=O)SC1=S)Nc1cc(Cl)cc(Cl)c1. The van der Waals surface area contributed by atoms with Gasteiger partial charge in [0.1, 0.15) is 8.64 Å². The van der Waals surface area contributed by atoms with Gasteiger partial charge in [-0.2, -0.15) is 0 Å². The molecule has 0 bridgehead atoms. The number of nitrogens with one attached hydrogen (secondary N) is 2. The molecule has 46 heavy (non-hydrogen) atoms. The maximum Gasteiger partial charge on any atom is 0.267 e. The maximum atomic E-state index is 13.2. The van der Waals surface area contributed by atoms with Gasteiger partial charge in [0.15, 0.2) is 0 Å². The van der Waals surface area contributed by atoms with Crippen molar-refractivity contribution < 1.29 is 19.2 Å². The molecule has 0 spiro atoms. The molecule has 2 aliphatic rings. The van der Waals surface area contributed by atoms with Crippen molar-refractivity contribution in [2.75, 3.05) is 23.7 Å². The summed E-state index contributed by atoms with van der Waals surface area (Å²) < 4.78 is 0.776. The fraction of sp³-hybridized carbons (Fsp3) is 0.333. The third-order valence-electron chi connectivity index (χ3n) is 6.77. The summed E-state index contributed by atoms with van der Waals surface area (Å²) in [6.07, 6.45) is 4.53. The lowest BCUT2D eigenvalue weighted by atomic mass is 10.1. The standard InChI is InChI=1S/C30H28Cl4N4O4S4/c31-17-11-18(32)14-21(13-17)35-23(39)7-3-1-5-9-37-27(41)25(45-29(37)43)26-28(42)38(30(44)46-26)10-6-2-4-8-24(40)36-22-15-19(33)12-20(34)16-22/h11-16H,1-10H2,(H,35,39)(H,36,40). The van der Waals surface area contributed by atoms with E-state index in [1.54, 1.807) is 36.4 Å². The van der Waals surface area contributed by atoms with Gasteiger partial charge in [-0.25, -0.2) is 0 Å². The van der Waals surface area contributed by atoms with Crippen LogP contribution in [0.1, 0.15) is 51.4 Å². The quantitative estimate of drug-likeness (QED) is 0.112. The van der Waals surface area contributed by atoms with E-state index < -0.39 is 0 Å². The number of thioether (sulfide) groups is 2. The molecular formula is C30H28Cl4N4O4S4. The summed E-state index contributed by atoms with van der Waals surface area (Å²) in [5, 5.41) is 7.29. The second-order valence-electron chi connectivity index (χ2n) is 10.3. The van der Waals surface area contributed by atoms with Gasteiger partial charge in [-0.15, -0.1) is 0 Å². The van der Waals surface area contributed by atoms with Gasteiger partial charge in [0.05, 0.1) is 9.81 Å². The number of hydrogen-bond acceptors (Lipinski definition) is 8. The van der Waals surface area contributed by atoms with Crippen molar-refractivity contribution in [3.05, 3.63) is 66.3 Å². The van der Waals surface area contributed by atoms with Gasteiger partial charge in [0, 0.05) is 57.4 Å². The highest BCUT2D eigenvalue weighted by molar-refractivity contribution is 8.29. The summed E-state index contributed by atoms with van der Waals surface area (Å²) in [4.78, 5) is 54.6. The van der Waals surface area contributed by atoms with E-state index in [0.29, 0.717) is 114 Å². The van der Waals surface area contributed by atoms with Gasteiger partial charge < -0.3 is 10.6 Å². The zero-order valence-corrected chi connectivity index (χ0v) is 30.5. The third-order valence-corrected chi connectivity index (χ3v) is 10.7. The number of nitrogens with zero attached hydrogens (tertiary/aromatic N) is 2. The van der Waals surface area contributed by atoms with Crippen LogP contribution in [0.15, 0.2) is 46.2 Å². The Hall–Kier alpha value is -1.90. The first kappa shape index (κ1) is 36.9. The lowest BCUT2D eigenvalue weighted by Gasteiger charge is -2.14. The Kier molecular flexibility index (Phi) is 14.0. The fourth-order valence-corrected chi connectivity index (χ4v) is 8.44. The molecule has 4 amide bonds. The summed E-state index contributed by atoms with van der Waals surface area (Å²) in [5.41, 5.74) is 1.07. The Balaban J connectivity index is 1.17. The Morgan fingerprint density at radius 1 is 0.587 bits per heavy atom. The predicted octanol–water partition coefficient (Wildman–Crippen LogP) is 8.93. The number of rotatable bonds is 14. The van der Waals surface area contributed by atoms with Crippen LogP contribution in [-0.4, -0.2) is 55.2 Å². The van der Waals surface area contributed by atoms with Crippen molar-refractivity contribution in [3.63, 3.8) is 0 Å². The van der Waals surface area contributed by atoms with Crippen molar-refractivity contribution in [1.82, 2.24) is 9.80 Å². The number of anilines is 2. The highest BCUT2D eigenvalue weighted by atomic mass is 35.5. The van der Waals surface area contributed by atoms with E-state index in [9.17, 15) is 19.2 Å². The highest BCUT2D eigenvalue weighted by Gasteiger charge is 2.41. The molecular weight excluding hydrogens is 750 g/mol. The molecule has 4 rings (SSSR count). The molecule has 2 aliphatic heterocycles. The Labute approximate surface area is 306 Å². The largest absolute Gasteiger partial charge is 0.326 e. The molecule has 0 aliphatic carbocycles. The lowest BCUT2D eigenvalue weighted by Crippen LogP contribution is -2.31. The van der Waals surface area contributed by atoms with Gasteiger partial charge in [-0.3, -0.25) is 29.0 Å². The molecule has 0 aromatic heterocycles. The van der Waals surface area contributed by atoms with Crippen molar-refractivity contribution in [1.29, 1.82) is 0 Å². The molecule has 0 radical (unpaired) electrons. The number of halogens is 4. The first-order valence-electron chi connectivity index (χ1n) is 14.2. The molecule has 2 aromatic rings. The average molecular weight is 779 g/mol. The van der Waals surface area contributed by atoms with Crippen LogP contribution in [0, 0.1) is 0 Å². The van der Waals surface area contributed by atoms with Crippen LogP contribution in [0.2, 0.25) is 20.1 Å². The minimum Gasteiger partial charge on any atom is -0.326 e. The van der Waals surface area contributed by atoms with E-state index in [4.69, 9.17) is 70.8 Å². The Morgan fingerprint density at radius 3 is 1.28 bits per heavy atom. The molecule has 2 fully saturated rings. The molecule has 16 heteroatoms. The molecule has 0 unspecified atom stereocenters. The average Bonchev–Trinajstić information content (AvgIpc) is 3.40. The van der Waals surface area contributed by atoms with E-state index in [2.05, 4.69) is 10.6 Å². The number of carbonyl (C=O) groups is 4. The van der Waals surface area contributed by atoms with Crippen LogP contribution in [-0.2, 0) is 19.2 Å². The van der Waals surface area contributed by atoms with Gasteiger partial charge in [0.2, 0.25) is 11.8 Å². The molecule has 2 aromatic carbocycles. The van der Waals surface area contributed by atoms with E-state index in [1.807, 2.05) is 0 Å². The molecule has 8 nitrogen and oxygen atoms in total. The lowest BCUT2D eigenvalue weighted by molar-refractivity contribution is -0.124. The molecule has 0 saturated carbocycles. The second-order valence-corrected chi connectivity index (χ2v) is 15.4. The van der Waals surface area contributed by atoms with Crippen molar-refractivity contribution in [3.8, 4) is 0 Å². The van der Waals surface area contributed by atoms with E-state index in [1.165, 1.54) is 9.80 Å². The van der Waals surface area contributed by atoms with Crippen LogP contribution in [0.4, 0.5) is 11.4 Å². The van der Waals surface area contributed by atoms with E-state index in [0.717, 1.165) is 23.5 Å². The zero-order valence-electron chi connectivity index (χ0n) is 24.2. The van der Waals surface area contributed by atoms with Crippen molar-refractivity contribution >= 4 is 138 Å². The van der Waals surface area contributed by atoms with E-state index >= 15 is 0 Å². The minimum absolute atomic E-state index is 0.156. The number of unbranched alkanes of at least 4 members (excludes halogenated alkanes) is 4. The summed E-state index contributed by atoms with van der Waals surface area (Å²) in [6, 6.07) is 9.67. The number of thiocarbonyl (C=S) groups is 2. The Morgan fingerprint density at radius 2 is 0.935 bits per heavy atom. The van der Waals surface area contributed by atoms with Crippen LogP contribution in [0.5, 0.6) is 0 Å². The van der Waals surface area contributed by atoms with Crippen molar-refractivity contribution in [2.24, 2.45) is 0 Å². The van der Waals surface area contributed by atoms with Gasteiger partial charge in [-0.1, -0.05) is 107 Å². The Bertz CT molecular complexity index is 1450. The maximum absolute atomic E-state index is 13.2. The number of amides is 4. The molecule has 2 saturated heterocycles. The van der Waals surface area contributed by atoms with Crippen LogP contribution < -0.4 is 10.6 Å². The van der Waals surface area contributed by atoms with Crippen LogP contribution in [0.25, 0.3) is 0 Å². The van der Waals surface area contributed by atoms with Crippen molar-refractivity contribution in [2.45, 2.75) is 51.4 Å². The smallest absolute Gasteiger partial charge is 0.267 e. The highest BCUT2D eigenvalue weighted by Crippen LogP contribution is 2.42. The zero-order chi connectivity index (χ0) is 33.4. The number of carbonyl (C=O) groups excluding carboxylic acids is 4.